The molecular formula is C19H19N5O4S. The molecule has 0 aliphatic heterocycles. The molecule has 1 amide bonds. The number of aliphatic hydroxyl groups is 1. The minimum Gasteiger partial charge on any atom is -0.387 e. The highest BCUT2D eigenvalue weighted by Crippen LogP contribution is 2.19. The molecular weight excluding hydrogens is 394 g/mol. The Labute approximate surface area is 171 Å². The Morgan fingerprint density at radius 1 is 1.34 bits per heavy atom. The number of carbonyl (C=O) groups is 1. The molecule has 3 N–H and O–H groups in total. The zero-order valence-electron chi connectivity index (χ0n) is 15.5. The Bertz CT molecular complexity index is 1090. The van der Waals surface area contributed by atoms with Crippen LogP contribution >= 0.6 is 12.2 Å². The summed E-state index contributed by atoms with van der Waals surface area (Å²) in [6, 6.07) is 13.2. The maximum Gasteiger partial charge on any atom is 0.269 e. The molecule has 0 fully saturated rings. The van der Waals surface area contributed by atoms with Gasteiger partial charge in [-0.3, -0.25) is 24.6 Å². The van der Waals surface area contributed by atoms with Gasteiger partial charge in [0.25, 0.3) is 5.69 Å². The van der Waals surface area contributed by atoms with Crippen molar-refractivity contribution in [2.75, 3.05) is 6.54 Å². The molecule has 2 aromatic carbocycles. The van der Waals surface area contributed by atoms with Gasteiger partial charge in [0.05, 0.1) is 11.0 Å². The van der Waals surface area contributed by atoms with Crippen LogP contribution in [0.2, 0.25) is 0 Å². The monoisotopic (exact) mass is 413 g/mol. The number of nitro groups is 1. The normalized spacial score (nSPS) is 11.8. The van der Waals surface area contributed by atoms with E-state index in [9.17, 15) is 20.0 Å². The number of hydrogen-bond acceptors (Lipinski definition) is 6. The van der Waals surface area contributed by atoms with Gasteiger partial charge in [0.15, 0.2) is 10.6 Å². The highest BCUT2D eigenvalue weighted by Gasteiger charge is 2.15. The lowest BCUT2D eigenvalue weighted by molar-refractivity contribution is -0.384. The van der Waals surface area contributed by atoms with Crippen molar-refractivity contribution in [3.8, 4) is 11.4 Å². The molecule has 10 heteroatoms. The number of H-pyrrole nitrogens is 1. The number of aromatic amines is 1. The van der Waals surface area contributed by atoms with E-state index in [0.29, 0.717) is 16.2 Å². The van der Waals surface area contributed by atoms with Gasteiger partial charge in [-0.15, -0.1) is 0 Å². The molecule has 0 aliphatic carbocycles. The average Bonchev–Trinajstić information content (AvgIpc) is 3.06. The number of rotatable bonds is 7. The van der Waals surface area contributed by atoms with Gasteiger partial charge in [0.2, 0.25) is 5.91 Å². The standard InChI is InChI=1S/C19H19N5O4S/c1-12-3-2-4-14(9-12)18-21-22-19(29)23(18)11-17(26)20-10-16(25)13-5-7-15(8-6-13)24(27)28/h2-9,16,25H,10-11H2,1H3,(H,20,26)(H,22,29). The van der Waals surface area contributed by atoms with E-state index in [1.807, 2.05) is 31.2 Å². The molecule has 0 spiro atoms. The fraction of sp³-hybridized carbons (Fsp3) is 0.211. The van der Waals surface area contributed by atoms with E-state index in [0.717, 1.165) is 11.1 Å². The quantitative estimate of drug-likeness (QED) is 0.311. The Balaban J connectivity index is 1.65. The van der Waals surface area contributed by atoms with Gasteiger partial charge in [0.1, 0.15) is 6.54 Å². The molecule has 0 radical (unpaired) electrons. The second-order valence-corrected chi connectivity index (χ2v) is 6.86. The maximum atomic E-state index is 12.4. The van der Waals surface area contributed by atoms with Crippen molar-refractivity contribution < 1.29 is 14.8 Å². The van der Waals surface area contributed by atoms with Crippen LogP contribution in [0.4, 0.5) is 5.69 Å². The number of benzene rings is 2. The van der Waals surface area contributed by atoms with Gasteiger partial charge in [-0.2, -0.15) is 5.10 Å². The van der Waals surface area contributed by atoms with Crippen LogP contribution < -0.4 is 5.32 Å². The SMILES string of the molecule is Cc1cccc(-c2n[nH]c(=S)n2CC(=O)NCC(O)c2ccc([N+](=O)[O-])cc2)c1. The summed E-state index contributed by atoms with van der Waals surface area (Å²) < 4.78 is 1.89. The van der Waals surface area contributed by atoms with Crippen molar-refractivity contribution in [3.63, 3.8) is 0 Å². The number of hydrogen-bond donors (Lipinski definition) is 3. The van der Waals surface area contributed by atoms with Gasteiger partial charge in [-0.05, 0) is 42.9 Å². The summed E-state index contributed by atoms with van der Waals surface area (Å²) in [6.45, 7) is 1.86. The summed E-state index contributed by atoms with van der Waals surface area (Å²) in [7, 11) is 0. The van der Waals surface area contributed by atoms with Crippen molar-refractivity contribution >= 4 is 23.8 Å². The number of nitro benzene ring substituents is 1. The molecule has 9 nitrogen and oxygen atoms in total. The summed E-state index contributed by atoms with van der Waals surface area (Å²) in [5, 5.41) is 30.5. The molecule has 3 rings (SSSR count). The summed E-state index contributed by atoms with van der Waals surface area (Å²) in [5.74, 6) is 0.196. The highest BCUT2D eigenvalue weighted by atomic mass is 32.1. The summed E-state index contributed by atoms with van der Waals surface area (Å²) >= 11 is 5.23. The number of aryl methyl sites for hydroxylation is 1. The lowest BCUT2D eigenvalue weighted by Crippen LogP contribution is -2.31. The largest absolute Gasteiger partial charge is 0.387 e. The van der Waals surface area contributed by atoms with E-state index < -0.39 is 11.0 Å². The van der Waals surface area contributed by atoms with Crippen LogP contribution in [0.15, 0.2) is 48.5 Å². The second-order valence-electron chi connectivity index (χ2n) is 6.48. The van der Waals surface area contributed by atoms with Crippen molar-refractivity contribution in [2.45, 2.75) is 19.6 Å². The topological polar surface area (TPSA) is 126 Å². The van der Waals surface area contributed by atoms with E-state index >= 15 is 0 Å². The smallest absolute Gasteiger partial charge is 0.269 e. The van der Waals surface area contributed by atoms with Crippen LogP contribution in [0.3, 0.4) is 0 Å². The first-order valence-corrected chi connectivity index (χ1v) is 9.17. The third-order valence-corrected chi connectivity index (χ3v) is 4.63. The first kappa shape index (κ1) is 20.4. The Morgan fingerprint density at radius 2 is 2.07 bits per heavy atom. The van der Waals surface area contributed by atoms with Crippen molar-refractivity contribution in [1.82, 2.24) is 20.1 Å². The number of aromatic nitrogens is 3. The first-order chi connectivity index (χ1) is 13.8. The van der Waals surface area contributed by atoms with Gasteiger partial charge >= 0.3 is 0 Å². The molecule has 0 saturated carbocycles. The number of nitrogens with zero attached hydrogens (tertiary/aromatic N) is 3. The van der Waals surface area contributed by atoms with Gasteiger partial charge in [0, 0.05) is 24.2 Å². The van der Waals surface area contributed by atoms with Crippen LogP contribution in [0.25, 0.3) is 11.4 Å². The molecule has 1 heterocycles. The van der Waals surface area contributed by atoms with Gasteiger partial charge < -0.3 is 10.4 Å². The Hall–Kier alpha value is -3.37. The lowest BCUT2D eigenvalue weighted by atomic mass is 10.1. The molecule has 29 heavy (non-hydrogen) atoms. The highest BCUT2D eigenvalue weighted by molar-refractivity contribution is 7.71. The fourth-order valence-electron chi connectivity index (χ4n) is 2.81. The number of aliphatic hydroxyl groups excluding tert-OH is 1. The third kappa shape index (κ3) is 4.92. The molecule has 1 atom stereocenters. The molecule has 1 aromatic heterocycles. The first-order valence-electron chi connectivity index (χ1n) is 8.76. The summed E-state index contributed by atoms with van der Waals surface area (Å²) in [5.41, 5.74) is 2.29. The van der Waals surface area contributed by atoms with E-state index in [4.69, 9.17) is 12.2 Å². The van der Waals surface area contributed by atoms with Gasteiger partial charge in [-0.1, -0.05) is 23.8 Å². The zero-order valence-corrected chi connectivity index (χ0v) is 16.3. The van der Waals surface area contributed by atoms with E-state index in [1.54, 1.807) is 4.57 Å². The molecule has 150 valence electrons. The van der Waals surface area contributed by atoms with E-state index in [-0.39, 0.29) is 24.7 Å². The summed E-state index contributed by atoms with van der Waals surface area (Å²) in [4.78, 5) is 22.5. The predicted octanol–water partition coefficient (Wildman–Crippen LogP) is 2.67. The number of amides is 1. The number of non-ortho nitro benzene ring substituents is 1. The second kappa shape index (κ2) is 8.76. The van der Waals surface area contributed by atoms with Crippen molar-refractivity contribution in [1.29, 1.82) is 0 Å². The predicted molar refractivity (Wildman–Crippen MR) is 109 cm³/mol. The van der Waals surface area contributed by atoms with Crippen LogP contribution in [0.1, 0.15) is 17.2 Å². The third-order valence-electron chi connectivity index (χ3n) is 4.32. The van der Waals surface area contributed by atoms with E-state index in [2.05, 4.69) is 15.5 Å². The molecule has 1 unspecified atom stereocenters. The van der Waals surface area contributed by atoms with Crippen LogP contribution in [0, 0.1) is 21.8 Å². The average molecular weight is 413 g/mol. The van der Waals surface area contributed by atoms with Gasteiger partial charge in [-0.25, -0.2) is 0 Å². The Morgan fingerprint density at radius 3 is 2.72 bits per heavy atom. The van der Waals surface area contributed by atoms with Crippen LogP contribution in [0.5, 0.6) is 0 Å². The minimum absolute atomic E-state index is 0.0401. The molecule has 3 aromatic rings. The fourth-order valence-corrected chi connectivity index (χ4v) is 3.01. The molecule has 0 bridgehead atoms. The van der Waals surface area contributed by atoms with E-state index in [1.165, 1.54) is 24.3 Å². The van der Waals surface area contributed by atoms with Crippen LogP contribution in [-0.2, 0) is 11.3 Å². The zero-order chi connectivity index (χ0) is 21.0. The maximum absolute atomic E-state index is 12.4. The minimum atomic E-state index is -0.992. The van der Waals surface area contributed by atoms with Crippen LogP contribution in [-0.4, -0.2) is 37.2 Å². The molecule has 0 aliphatic rings. The number of nitrogens with one attached hydrogen (secondary N) is 2. The van der Waals surface area contributed by atoms with Crippen molar-refractivity contribution in [3.05, 3.63) is 74.5 Å². The summed E-state index contributed by atoms with van der Waals surface area (Å²) in [6.07, 6.45) is -0.992. The van der Waals surface area contributed by atoms with Crippen molar-refractivity contribution in [2.24, 2.45) is 0 Å². The molecule has 0 saturated heterocycles. The number of carbonyl (C=O) groups excluding carboxylic acids is 1. The Kier molecular flexibility index (Phi) is 6.15. The lowest BCUT2D eigenvalue weighted by Gasteiger charge is -2.13.